The van der Waals surface area contributed by atoms with Gasteiger partial charge in [-0.2, -0.15) is 0 Å². The summed E-state index contributed by atoms with van der Waals surface area (Å²) in [4.78, 5) is 98.6. The normalized spacial score (nSPS) is 22.4. The van der Waals surface area contributed by atoms with E-state index >= 15 is 0 Å². The molecular formula is C61H50O18. The van der Waals surface area contributed by atoms with Gasteiger partial charge in [0.05, 0.1) is 38.9 Å². The molecule has 2 saturated heterocycles. The van der Waals surface area contributed by atoms with Crippen molar-refractivity contribution in [2.75, 3.05) is 13.2 Å². The van der Waals surface area contributed by atoms with Crippen molar-refractivity contribution >= 4 is 41.8 Å². The maximum absolute atomic E-state index is 14.5. The molecule has 0 aliphatic carbocycles. The van der Waals surface area contributed by atoms with Crippen molar-refractivity contribution in [3.63, 3.8) is 0 Å². The molecule has 0 bridgehead atoms. The van der Waals surface area contributed by atoms with Gasteiger partial charge in [-0.1, -0.05) is 127 Å². The highest BCUT2D eigenvalue weighted by Gasteiger charge is 2.58. The zero-order valence-corrected chi connectivity index (χ0v) is 41.8. The van der Waals surface area contributed by atoms with Gasteiger partial charge in [-0.3, -0.25) is 0 Å². The van der Waals surface area contributed by atoms with Crippen LogP contribution < -0.4 is 0 Å². The van der Waals surface area contributed by atoms with Gasteiger partial charge >= 0.3 is 41.8 Å². The van der Waals surface area contributed by atoms with E-state index in [1.54, 1.807) is 127 Å². The SMILES string of the molecule is O=C(OC[C@H]1O[C@@H](O[C@H]2[C@H](OC(=O)c3ccccc3)[C@@H](OC(=O)c3ccccc3)C(O)O[C@@H]2COC(=O)c2ccccc2)[C@H](OC(=O)c2ccccc2)[C@@H](OC(=O)c2ccccc2)[C@H]1OC(=O)c1ccccc1)c1ccccc1. The number of hydrogen-bond donors (Lipinski definition) is 1. The van der Waals surface area contributed by atoms with E-state index in [0.29, 0.717) is 0 Å². The number of esters is 7. The fraction of sp³-hybridized carbons (Fsp3) is 0.197. The molecule has 0 spiro atoms. The van der Waals surface area contributed by atoms with Gasteiger partial charge < -0.3 is 52.5 Å². The summed E-state index contributed by atoms with van der Waals surface area (Å²) in [6.07, 6.45) is -19.0. The fourth-order valence-corrected chi connectivity index (χ4v) is 8.59. The Bertz CT molecular complexity index is 3170. The maximum Gasteiger partial charge on any atom is 0.338 e. The zero-order valence-electron chi connectivity index (χ0n) is 41.8. The van der Waals surface area contributed by atoms with Gasteiger partial charge in [-0.15, -0.1) is 0 Å². The summed E-state index contributed by atoms with van der Waals surface area (Å²) in [6.45, 7) is -1.50. The third-order valence-corrected chi connectivity index (χ3v) is 12.5. The lowest BCUT2D eigenvalue weighted by Crippen LogP contribution is -2.67. The van der Waals surface area contributed by atoms with Crippen LogP contribution in [0.1, 0.15) is 72.5 Å². The summed E-state index contributed by atoms with van der Waals surface area (Å²) in [5.41, 5.74) is 0.298. The van der Waals surface area contributed by atoms with Gasteiger partial charge in [0, 0.05) is 0 Å². The Balaban J connectivity index is 1.18. The van der Waals surface area contributed by atoms with Gasteiger partial charge in [0.2, 0.25) is 0 Å². The molecule has 0 amide bonds. The van der Waals surface area contributed by atoms with Gasteiger partial charge in [0.25, 0.3) is 0 Å². The molecule has 0 radical (unpaired) electrons. The monoisotopic (exact) mass is 1070 g/mol. The van der Waals surface area contributed by atoms with E-state index in [-0.39, 0.29) is 38.9 Å². The average molecular weight is 1070 g/mol. The highest BCUT2D eigenvalue weighted by molar-refractivity contribution is 5.93. The first-order valence-electron chi connectivity index (χ1n) is 24.9. The molecule has 79 heavy (non-hydrogen) atoms. The van der Waals surface area contributed by atoms with E-state index < -0.39 is 116 Å². The molecule has 18 heteroatoms. The van der Waals surface area contributed by atoms with E-state index in [2.05, 4.69) is 0 Å². The Hall–Kier alpha value is -9.33. The van der Waals surface area contributed by atoms with E-state index in [0.717, 1.165) is 0 Å². The molecule has 18 nitrogen and oxygen atoms in total. The Labute approximate surface area is 452 Å². The third kappa shape index (κ3) is 13.8. The minimum Gasteiger partial charge on any atom is -0.459 e. The van der Waals surface area contributed by atoms with Gasteiger partial charge in [0.15, 0.2) is 43.1 Å². The van der Waals surface area contributed by atoms with Crippen LogP contribution >= 0.6 is 0 Å². The average Bonchev–Trinajstić information content (AvgIpc) is 3.60. The van der Waals surface area contributed by atoms with Crippen molar-refractivity contribution < 1.29 is 86.0 Å². The number of ether oxygens (including phenoxy) is 10. The molecule has 1 unspecified atom stereocenters. The number of benzene rings is 7. The Kier molecular flexibility index (Phi) is 18.0. The Morgan fingerprint density at radius 1 is 0.304 bits per heavy atom. The van der Waals surface area contributed by atoms with Gasteiger partial charge in [-0.25, -0.2) is 33.6 Å². The number of carbonyl (C=O) groups excluding carboxylic acids is 7. The van der Waals surface area contributed by atoms with Gasteiger partial charge in [-0.05, 0) is 84.9 Å². The van der Waals surface area contributed by atoms with Crippen molar-refractivity contribution in [2.45, 2.75) is 61.4 Å². The minimum absolute atomic E-state index is 0.00210. The lowest BCUT2D eigenvalue weighted by atomic mass is 9.95. The quantitative estimate of drug-likeness (QED) is 0.0642. The van der Waals surface area contributed by atoms with Crippen LogP contribution in [0, 0.1) is 0 Å². The van der Waals surface area contributed by atoms with E-state index in [1.165, 1.54) is 84.9 Å². The largest absolute Gasteiger partial charge is 0.459 e. The summed E-state index contributed by atoms with van der Waals surface area (Å²) < 4.78 is 62.0. The van der Waals surface area contributed by atoms with Crippen molar-refractivity contribution in [2.24, 2.45) is 0 Å². The molecule has 0 aromatic heterocycles. The predicted molar refractivity (Wildman–Crippen MR) is 276 cm³/mol. The molecule has 7 aromatic rings. The lowest BCUT2D eigenvalue weighted by Gasteiger charge is -2.48. The summed E-state index contributed by atoms with van der Waals surface area (Å²) >= 11 is 0. The number of rotatable bonds is 18. The fourth-order valence-electron chi connectivity index (χ4n) is 8.59. The second-order valence-electron chi connectivity index (χ2n) is 17.8. The van der Waals surface area contributed by atoms with E-state index in [4.69, 9.17) is 47.4 Å². The maximum atomic E-state index is 14.5. The number of hydrogen-bond acceptors (Lipinski definition) is 18. The molecule has 402 valence electrons. The molecule has 9 rings (SSSR count). The molecule has 2 aliphatic heterocycles. The molecule has 2 fully saturated rings. The van der Waals surface area contributed by atoms with Crippen molar-refractivity contribution in [1.82, 2.24) is 0 Å². The summed E-state index contributed by atoms with van der Waals surface area (Å²) in [5, 5.41) is 11.9. The van der Waals surface area contributed by atoms with Crippen molar-refractivity contribution in [3.8, 4) is 0 Å². The van der Waals surface area contributed by atoms with Crippen LogP contribution in [-0.2, 0) is 47.4 Å². The number of aliphatic hydroxyl groups is 1. The highest BCUT2D eigenvalue weighted by atomic mass is 16.8. The van der Waals surface area contributed by atoms with Crippen molar-refractivity contribution in [3.05, 3.63) is 251 Å². The second kappa shape index (κ2) is 26.1. The summed E-state index contributed by atoms with van der Waals surface area (Å²) in [6, 6.07) is 54.1. The number of carbonyl (C=O) groups is 7. The number of aliphatic hydroxyl groups excluding tert-OH is 1. The lowest BCUT2D eigenvalue weighted by molar-refractivity contribution is -0.352. The molecule has 2 heterocycles. The van der Waals surface area contributed by atoms with Crippen LogP contribution in [0.15, 0.2) is 212 Å². The summed E-state index contributed by atoms with van der Waals surface area (Å²) in [7, 11) is 0. The first-order chi connectivity index (χ1) is 38.5. The van der Waals surface area contributed by atoms with Crippen LogP contribution in [-0.4, -0.2) is 122 Å². The molecule has 7 aromatic carbocycles. The van der Waals surface area contributed by atoms with Crippen LogP contribution in [0.5, 0.6) is 0 Å². The molecule has 1 N–H and O–H groups in total. The highest BCUT2D eigenvalue weighted by Crippen LogP contribution is 2.36. The van der Waals surface area contributed by atoms with E-state index in [1.807, 2.05) is 0 Å². The standard InChI is InChI=1S/C61H50O18/c62-53(38-22-8-1-9-23-38)70-36-45-48(49(75-56(65)41-28-14-4-15-29-41)51(60(69)72-45)77-58(67)43-32-18-6-19-33-43)79-61-52(78-59(68)44-34-20-7-21-35-44)50(76-57(66)42-30-16-5-17-31-42)47(74-55(64)40-26-12-3-13-27-40)46(73-61)37-71-54(63)39-24-10-2-11-25-39/h1-35,45-52,60-61,69H,36-37H2/t45-,46-,47+,48-,49+,50+,51-,52-,60?,61+/m1/s1. The topological polar surface area (TPSA) is 232 Å². The second-order valence-corrected chi connectivity index (χ2v) is 17.8. The first-order valence-corrected chi connectivity index (χ1v) is 24.9. The molecular weight excluding hydrogens is 1020 g/mol. The molecule has 10 atom stereocenters. The van der Waals surface area contributed by atoms with Crippen LogP contribution in [0.3, 0.4) is 0 Å². The zero-order chi connectivity index (χ0) is 55.1. The minimum atomic E-state index is -2.12. The Morgan fingerprint density at radius 2 is 0.557 bits per heavy atom. The summed E-state index contributed by atoms with van der Waals surface area (Å²) in [5.74, 6) is -6.72. The molecule has 2 aliphatic rings. The van der Waals surface area contributed by atoms with E-state index in [9.17, 15) is 38.7 Å². The smallest absolute Gasteiger partial charge is 0.338 e. The van der Waals surface area contributed by atoms with Crippen LogP contribution in [0.25, 0.3) is 0 Å². The Morgan fingerprint density at radius 3 is 0.886 bits per heavy atom. The van der Waals surface area contributed by atoms with Crippen LogP contribution in [0.2, 0.25) is 0 Å². The third-order valence-electron chi connectivity index (χ3n) is 12.5. The van der Waals surface area contributed by atoms with Crippen LogP contribution in [0.4, 0.5) is 0 Å². The van der Waals surface area contributed by atoms with Crippen molar-refractivity contribution in [1.29, 1.82) is 0 Å². The van der Waals surface area contributed by atoms with Gasteiger partial charge in [0.1, 0.15) is 31.5 Å². The predicted octanol–water partition coefficient (Wildman–Crippen LogP) is 7.66. The molecule has 0 saturated carbocycles. The first kappa shape index (κ1) is 54.5.